The van der Waals surface area contributed by atoms with Crippen LogP contribution in [-0.4, -0.2) is 31.0 Å². The van der Waals surface area contributed by atoms with E-state index in [1.807, 2.05) is 0 Å². The number of ether oxygens (including phenoxy) is 1. The first kappa shape index (κ1) is 8.31. The van der Waals surface area contributed by atoms with Gasteiger partial charge in [0.15, 0.2) is 14.5 Å². The van der Waals surface area contributed by atoms with E-state index in [2.05, 4.69) is 0 Å². The molecule has 2 aliphatic rings. The van der Waals surface area contributed by atoms with Crippen LogP contribution in [0, 0.1) is 5.92 Å². The molecule has 2 aliphatic heterocycles. The fourth-order valence-electron chi connectivity index (χ4n) is 1.64. The lowest BCUT2D eigenvalue weighted by Gasteiger charge is -2.08. The summed E-state index contributed by atoms with van der Waals surface area (Å²) < 4.78 is 26.1. The molecule has 0 spiro atoms. The Bertz CT molecular complexity index is 322. The number of esters is 1. The average molecular weight is 211 g/mol. The zero-order valence-electron chi connectivity index (χ0n) is 6.07. The van der Waals surface area contributed by atoms with Gasteiger partial charge in [0, 0.05) is 5.92 Å². The van der Waals surface area contributed by atoms with Gasteiger partial charge in [-0.1, -0.05) is 0 Å². The Morgan fingerprint density at radius 3 is 2.75 bits per heavy atom. The number of fused-ring (bicyclic) bond motifs is 1. The Morgan fingerprint density at radius 1 is 1.50 bits per heavy atom. The Labute approximate surface area is 74.8 Å². The summed E-state index contributed by atoms with van der Waals surface area (Å²) in [6.07, 6.45) is -0.420. The molecule has 0 saturated carbocycles. The molecule has 0 aromatic rings. The molecule has 2 heterocycles. The highest BCUT2D eigenvalue weighted by Gasteiger charge is 2.52. The molecule has 4 nitrogen and oxygen atoms in total. The number of hydrogen-bond donors (Lipinski definition) is 0. The number of sulfone groups is 1. The molecule has 6 heteroatoms. The number of rotatable bonds is 0. The second-order valence-electron chi connectivity index (χ2n) is 3.10. The van der Waals surface area contributed by atoms with Crippen molar-refractivity contribution in [3.05, 3.63) is 0 Å². The first-order chi connectivity index (χ1) is 5.50. The summed E-state index contributed by atoms with van der Waals surface area (Å²) in [5.41, 5.74) is 0. The van der Waals surface area contributed by atoms with Gasteiger partial charge in [0.25, 0.3) is 0 Å². The van der Waals surface area contributed by atoms with Gasteiger partial charge in [-0.25, -0.2) is 8.42 Å². The van der Waals surface area contributed by atoms with Gasteiger partial charge in [-0.15, -0.1) is 11.6 Å². The third-order valence-electron chi connectivity index (χ3n) is 2.21. The molecule has 2 fully saturated rings. The van der Waals surface area contributed by atoms with Gasteiger partial charge in [0.2, 0.25) is 0 Å². The van der Waals surface area contributed by atoms with E-state index >= 15 is 0 Å². The smallest absolute Gasteiger partial charge is 0.306 e. The van der Waals surface area contributed by atoms with E-state index in [0.717, 1.165) is 0 Å². The average Bonchev–Trinajstić information content (AvgIpc) is 2.35. The SMILES string of the molecule is O=C1C[C@@H]2CS(=O)(=O)[C@H](Cl)[C@@H]2O1. The van der Waals surface area contributed by atoms with Crippen LogP contribution in [0.3, 0.4) is 0 Å². The van der Waals surface area contributed by atoms with Crippen LogP contribution in [0.4, 0.5) is 0 Å². The Hall–Kier alpha value is -0.290. The van der Waals surface area contributed by atoms with Crippen LogP contribution in [0.5, 0.6) is 0 Å². The standard InChI is InChI=1S/C6H7ClO4S/c7-6-5-3(1-4(8)11-5)2-12(6,9)10/h3,5-6H,1-2H2/t3-,5-,6+/m1/s1. The van der Waals surface area contributed by atoms with Crippen molar-refractivity contribution in [2.75, 3.05) is 5.75 Å². The van der Waals surface area contributed by atoms with Gasteiger partial charge >= 0.3 is 5.97 Å². The third-order valence-corrected chi connectivity index (χ3v) is 5.12. The molecule has 2 rings (SSSR count). The summed E-state index contributed by atoms with van der Waals surface area (Å²) in [5.74, 6) is -0.576. The Balaban J connectivity index is 2.30. The van der Waals surface area contributed by atoms with Crippen LogP contribution in [0.2, 0.25) is 0 Å². The summed E-state index contributed by atoms with van der Waals surface area (Å²) in [6, 6.07) is 0. The van der Waals surface area contributed by atoms with Crippen molar-refractivity contribution in [2.45, 2.75) is 17.2 Å². The lowest BCUT2D eigenvalue weighted by atomic mass is 10.1. The summed E-state index contributed by atoms with van der Waals surface area (Å²) in [5, 5.41) is 0. The van der Waals surface area contributed by atoms with Gasteiger partial charge in [0.05, 0.1) is 12.2 Å². The summed E-state index contributed by atoms with van der Waals surface area (Å²) in [7, 11) is -3.22. The number of carbonyl (C=O) groups excluding carboxylic acids is 1. The molecule has 0 aromatic carbocycles. The predicted octanol–water partition coefficient (Wildman–Crippen LogP) is -0.0886. The highest BCUT2D eigenvalue weighted by molar-refractivity contribution is 7.93. The number of alkyl halides is 1. The number of hydrogen-bond acceptors (Lipinski definition) is 4. The van der Waals surface area contributed by atoms with Crippen molar-refractivity contribution >= 4 is 27.4 Å². The van der Waals surface area contributed by atoms with Crippen LogP contribution in [-0.2, 0) is 19.4 Å². The van der Waals surface area contributed by atoms with Crippen molar-refractivity contribution in [2.24, 2.45) is 5.92 Å². The maximum absolute atomic E-state index is 11.2. The zero-order chi connectivity index (χ0) is 8.93. The maximum Gasteiger partial charge on any atom is 0.306 e. The summed E-state index contributed by atoms with van der Waals surface area (Å²) >= 11 is 5.60. The van der Waals surface area contributed by atoms with Crippen LogP contribution in [0.1, 0.15) is 6.42 Å². The van der Waals surface area contributed by atoms with Crippen LogP contribution >= 0.6 is 11.6 Å². The van der Waals surface area contributed by atoms with Crippen LogP contribution in [0.25, 0.3) is 0 Å². The molecule has 2 saturated heterocycles. The molecule has 68 valence electrons. The van der Waals surface area contributed by atoms with Crippen molar-refractivity contribution < 1.29 is 17.9 Å². The molecular weight excluding hydrogens is 204 g/mol. The van der Waals surface area contributed by atoms with E-state index < -0.39 is 20.7 Å². The second kappa shape index (κ2) is 2.35. The van der Waals surface area contributed by atoms with E-state index in [4.69, 9.17) is 16.3 Å². The molecule has 0 amide bonds. The highest BCUT2D eigenvalue weighted by Crippen LogP contribution is 2.38. The number of halogens is 1. The second-order valence-corrected chi connectivity index (χ2v) is 6.00. The Kier molecular flexibility index (Phi) is 1.63. The monoisotopic (exact) mass is 210 g/mol. The van der Waals surface area contributed by atoms with Gasteiger partial charge in [-0.2, -0.15) is 0 Å². The molecule has 0 radical (unpaired) electrons. The van der Waals surface area contributed by atoms with E-state index in [9.17, 15) is 13.2 Å². The van der Waals surface area contributed by atoms with E-state index in [1.165, 1.54) is 0 Å². The highest BCUT2D eigenvalue weighted by atomic mass is 35.5. The van der Waals surface area contributed by atoms with Gasteiger partial charge < -0.3 is 4.74 Å². The molecule has 12 heavy (non-hydrogen) atoms. The summed E-state index contributed by atoms with van der Waals surface area (Å²) in [4.78, 5) is 10.7. The normalized spacial score (nSPS) is 44.1. The first-order valence-electron chi connectivity index (χ1n) is 3.56. The van der Waals surface area contributed by atoms with E-state index in [0.29, 0.717) is 0 Å². The predicted molar refractivity (Wildman–Crippen MR) is 41.4 cm³/mol. The minimum Gasteiger partial charge on any atom is -0.459 e. The van der Waals surface area contributed by atoms with Crippen molar-refractivity contribution in [1.82, 2.24) is 0 Å². The Morgan fingerprint density at radius 2 is 2.17 bits per heavy atom. The maximum atomic E-state index is 11.2. The topological polar surface area (TPSA) is 60.4 Å². The third kappa shape index (κ3) is 1.03. The fourth-order valence-corrected chi connectivity index (χ4v) is 3.89. The minimum absolute atomic E-state index is 0.0163. The fraction of sp³-hybridized carbons (Fsp3) is 0.833. The summed E-state index contributed by atoms with van der Waals surface area (Å²) in [6.45, 7) is 0. The lowest BCUT2D eigenvalue weighted by Crippen LogP contribution is -2.22. The molecular formula is C6H7ClO4S. The minimum atomic E-state index is -3.22. The first-order valence-corrected chi connectivity index (χ1v) is 5.71. The quantitative estimate of drug-likeness (QED) is 0.414. The van der Waals surface area contributed by atoms with E-state index in [1.54, 1.807) is 0 Å². The molecule has 0 aliphatic carbocycles. The van der Waals surface area contributed by atoms with Crippen molar-refractivity contribution in [1.29, 1.82) is 0 Å². The zero-order valence-corrected chi connectivity index (χ0v) is 7.64. The lowest BCUT2D eigenvalue weighted by molar-refractivity contribution is -0.140. The van der Waals surface area contributed by atoms with Crippen molar-refractivity contribution in [3.8, 4) is 0 Å². The van der Waals surface area contributed by atoms with Crippen LogP contribution < -0.4 is 0 Å². The molecule has 0 N–H and O–H groups in total. The van der Waals surface area contributed by atoms with Gasteiger partial charge in [-0.05, 0) is 0 Å². The largest absolute Gasteiger partial charge is 0.459 e. The van der Waals surface area contributed by atoms with Gasteiger partial charge in [-0.3, -0.25) is 4.79 Å². The van der Waals surface area contributed by atoms with Crippen molar-refractivity contribution in [3.63, 3.8) is 0 Å². The van der Waals surface area contributed by atoms with Crippen LogP contribution in [0.15, 0.2) is 0 Å². The number of carbonyl (C=O) groups is 1. The van der Waals surface area contributed by atoms with E-state index in [-0.39, 0.29) is 24.1 Å². The molecule has 0 aromatic heterocycles. The van der Waals surface area contributed by atoms with Gasteiger partial charge in [0.1, 0.15) is 6.10 Å². The molecule has 3 atom stereocenters. The molecule has 0 unspecified atom stereocenters. The molecule has 0 bridgehead atoms.